The third kappa shape index (κ3) is 7.52. The summed E-state index contributed by atoms with van der Waals surface area (Å²) in [4.78, 5) is 0. The average Bonchev–Trinajstić information content (AvgIpc) is 3.03. The van der Waals surface area contributed by atoms with E-state index < -0.39 is 0 Å². The lowest BCUT2D eigenvalue weighted by Crippen LogP contribution is -2.44. The summed E-state index contributed by atoms with van der Waals surface area (Å²) in [5, 5.41) is 0. The molecule has 0 spiro atoms. The fourth-order valence-corrected chi connectivity index (χ4v) is 7.85. The topological polar surface area (TPSA) is 0 Å². The average molecular weight is 505 g/mol. The van der Waals surface area contributed by atoms with Crippen molar-refractivity contribution < 1.29 is 0 Å². The van der Waals surface area contributed by atoms with Crippen LogP contribution in [0.25, 0.3) is 0 Å². The van der Waals surface area contributed by atoms with E-state index in [4.69, 9.17) is 0 Å². The Morgan fingerprint density at radius 1 is 0.865 bits per heavy atom. The quantitative estimate of drug-likeness (QED) is 0.262. The van der Waals surface area contributed by atoms with Crippen LogP contribution in [0.4, 0.5) is 0 Å². The second-order valence-electron chi connectivity index (χ2n) is 15.2. The van der Waals surface area contributed by atoms with Crippen molar-refractivity contribution in [2.45, 2.75) is 121 Å². The normalized spacial score (nSPS) is 30.2. The molecule has 0 aliphatic heterocycles. The summed E-state index contributed by atoms with van der Waals surface area (Å²) in [6.07, 6.45) is 14.9. The Kier molecular flexibility index (Phi) is 10.3. The van der Waals surface area contributed by atoms with Gasteiger partial charge in [-0.25, -0.2) is 0 Å². The van der Waals surface area contributed by atoms with E-state index in [-0.39, 0.29) is 10.8 Å². The monoisotopic (exact) mass is 504 g/mol. The van der Waals surface area contributed by atoms with Crippen LogP contribution < -0.4 is 0 Å². The van der Waals surface area contributed by atoms with E-state index in [1.54, 1.807) is 0 Å². The van der Waals surface area contributed by atoms with Gasteiger partial charge in [0, 0.05) is 10.8 Å². The van der Waals surface area contributed by atoms with Gasteiger partial charge < -0.3 is 0 Å². The van der Waals surface area contributed by atoms with Crippen LogP contribution in [-0.2, 0) is 0 Å². The van der Waals surface area contributed by atoms with Crippen molar-refractivity contribution in [1.82, 2.24) is 0 Å². The van der Waals surface area contributed by atoms with Crippen molar-refractivity contribution in [3.63, 3.8) is 0 Å². The van der Waals surface area contributed by atoms with E-state index >= 15 is 0 Å². The lowest BCUT2D eigenvalue weighted by atomic mass is 9.49. The van der Waals surface area contributed by atoms with Gasteiger partial charge in [0.25, 0.3) is 0 Å². The number of fused-ring (bicyclic) bond motifs is 1. The van der Waals surface area contributed by atoms with Gasteiger partial charge in [0.15, 0.2) is 0 Å². The van der Waals surface area contributed by atoms with Gasteiger partial charge in [-0.05, 0) is 90.9 Å². The van der Waals surface area contributed by atoms with E-state index in [2.05, 4.69) is 108 Å². The minimum atomic E-state index is 0.0372. The second kappa shape index (κ2) is 12.1. The molecule has 2 saturated carbocycles. The number of rotatable bonds is 11. The molecule has 0 N–H and O–H groups in total. The summed E-state index contributed by atoms with van der Waals surface area (Å²) in [6, 6.07) is 0. The van der Waals surface area contributed by atoms with E-state index in [0.29, 0.717) is 17.3 Å². The Labute approximate surface area is 232 Å². The molecule has 0 aromatic rings. The first-order valence-electron chi connectivity index (χ1n) is 15.1. The minimum absolute atomic E-state index is 0.0372. The third-order valence-electron chi connectivity index (χ3n) is 9.26. The second-order valence-corrected chi connectivity index (χ2v) is 15.2. The highest BCUT2D eigenvalue weighted by Gasteiger charge is 2.61. The van der Waals surface area contributed by atoms with Crippen LogP contribution in [0.2, 0.25) is 0 Å². The van der Waals surface area contributed by atoms with Crippen molar-refractivity contribution >= 4 is 0 Å². The standard InChI is InChI=1S/C37H60/c1-25(2)15-16-29(8)22-37-24-32(18-17-28(7)21-35(11,12)13)23-36(37,14)33(19-26(3)4)30(9)31(10)34(37)20-27(5)6/h19-20,25,28-29,32H,3,5,9-10,15-18,21-24H2,1-2,4,6-8,11-14H3/b33-19+,34-20+/t28?,29?,32?,36-,37+/m0/s1. The zero-order valence-electron chi connectivity index (χ0n) is 26.4. The van der Waals surface area contributed by atoms with E-state index in [9.17, 15) is 0 Å². The molecule has 2 rings (SSSR count). The smallest absolute Gasteiger partial charge is 0.00586 e. The maximum atomic E-state index is 4.67. The first-order valence-corrected chi connectivity index (χ1v) is 15.1. The van der Waals surface area contributed by atoms with Gasteiger partial charge >= 0.3 is 0 Å². The van der Waals surface area contributed by atoms with Gasteiger partial charge in [-0.1, -0.05) is 131 Å². The van der Waals surface area contributed by atoms with Crippen LogP contribution in [0.1, 0.15) is 121 Å². The summed E-state index contributed by atoms with van der Waals surface area (Å²) in [6.45, 7) is 41.5. The van der Waals surface area contributed by atoms with Gasteiger partial charge in [-0.15, -0.1) is 0 Å². The number of allylic oxidation sites excluding steroid dienone is 8. The molecule has 37 heavy (non-hydrogen) atoms. The lowest BCUT2D eigenvalue weighted by molar-refractivity contribution is 0.128. The lowest BCUT2D eigenvalue weighted by Gasteiger charge is -2.54. The van der Waals surface area contributed by atoms with Crippen LogP contribution in [0.3, 0.4) is 0 Å². The van der Waals surface area contributed by atoms with Crippen LogP contribution in [0, 0.1) is 39.9 Å². The Morgan fingerprint density at radius 2 is 1.41 bits per heavy atom. The summed E-state index contributed by atoms with van der Waals surface area (Å²) in [5.41, 5.74) is 7.80. The minimum Gasteiger partial charge on any atom is -0.0961 e. The molecule has 0 heteroatoms. The fraction of sp³-hybridized carbons (Fsp3) is 0.676. The SMILES string of the molecule is C=C(C)/C=C1\C(=C)C(=C)/C(=C\C(=C)C)[C@]2(C)CC(CCC(C)CC(C)(C)C)C[C@]12CC(C)CCC(C)C. The van der Waals surface area contributed by atoms with Crippen LogP contribution >= 0.6 is 0 Å². The summed E-state index contributed by atoms with van der Waals surface area (Å²) < 4.78 is 0. The van der Waals surface area contributed by atoms with Crippen LogP contribution in [-0.4, -0.2) is 0 Å². The van der Waals surface area contributed by atoms with Gasteiger partial charge in [0.05, 0.1) is 0 Å². The van der Waals surface area contributed by atoms with Gasteiger partial charge in [0.1, 0.15) is 0 Å². The van der Waals surface area contributed by atoms with E-state index in [1.807, 2.05) is 0 Å². The Hall–Kier alpha value is -1.56. The van der Waals surface area contributed by atoms with Crippen molar-refractivity contribution in [3.8, 4) is 0 Å². The Bertz CT molecular complexity index is 941. The first kappa shape index (κ1) is 31.7. The molecular formula is C37H60. The van der Waals surface area contributed by atoms with Gasteiger partial charge in [-0.2, -0.15) is 0 Å². The molecule has 2 aliphatic rings. The molecule has 3 unspecified atom stereocenters. The molecule has 0 saturated heterocycles. The summed E-state index contributed by atoms with van der Waals surface area (Å²) in [7, 11) is 0. The Morgan fingerprint density at radius 3 is 1.92 bits per heavy atom. The fourth-order valence-electron chi connectivity index (χ4n) is 7.85. The molecule has 0 aromatic carbocycles. The number of hydrogen-bond acceptors (Lipinski definition) is 0. The molecule has 0 aromatic heterocycles. The molecule has 0 amide bonds. The molecule has 208 valence electrons. The number of hydrogen-bond donors (Lipinski definition) is 0. The van der Waals surface area contributed by atoms with E-state index in [0.717, 1.165) is 34.1 Å². The van der Waals surface area contributed by atoms with Crippen molar-refractivity contribution in [1.29, 1.82) is 0 Å². The third-order valence-corrected chi connectivity index (χ3v) is 9.26. The summed E-state index contributed by atoms with van der Waals surface area (Å²) in [5.74, 6) is 2.89. The van der Waals surface area contributed by atoms with Crippen molar-refractivity contribution in [2.24, 2.45) is 39.9 Å². The maximum Gasteiger partial charge on any atom is 0.00586 e. The Balaban J connectivity index is 2.60. The molecule has 0 radical (unpaired) electrons. The van der Waals surface area contributed by atoms with Crippen molar-refractivity contribution in [3.05, 3.63) is 71.9 Å². The van der Waals surface area contributed by atoms with E-state index in [1.165, 1.54) is 62.5 Å². The van der Waals surface area contributed by atoms with Gasteiger partial charge in [-0.3, -0.25) is 0 Å². The molecule has 2 aliphatic carbocycles. The largest absolute Gasteiger partial charge is 0.0961 e. The predicted molar refractivity (Wildman–Crippen MR) is 168 cm³/mol. The molecular weight excluding hydrogens is 444 g/mol. The van der Waals surface area contributed by atoms with Crippen molar-refractivity contribution in [2.75, 3.05) is 0 Å². The highest BCUT2D eigenvalue weighted by molar-refractivity contribution is 5.66. The zero-order chi connectivity index (χ0) is 28.3. The zero-order valence-corrected chi connectivity index (χ0v) is 26.4. The molecule has 2 fully saturated rings. The van der Waals surface area contributed by atoms with Crippen LogP contribution in [0.15, 0.2) is 71.9 Å². The maximum absolute atomic E-state index is 4.67. The molecule has 5 atom stereocenters. The predicted octanol–water partition coefficient (Wildman–Crippen LogP) is 11.8. The first-order chi connectivity index (χ1) is 16.9. The molecule has 0 nitrogen and oxygen atoms in total. The molecule has 0 heterocycles. The van der Waals surface area contributed by atoms with Crippen LogP contribution in [0.5, 0.6) is 0 Å². The highest BCUT2D eigenvalue weighted by Crippen LogP contribution is 2.71. The highest BCUT2D eigenvalue weighted by atomic mass is 14.6. The summed E-state index contributed by atoms with van der Waals surface area (Å²) >= 11 is 0. The molecule has 0 bridgehead atoms. The van der Waals surface area contributed by atoms with Gasteiger partial charge in [0.2, 0.25) is 0 Å².